The number of nitrogens with zero attached hydrogens (tertiary/aromatic N) is 1. The number of ether oxygens (including phenoxy) is 1. The third-order valence-electron chi connectivity index (χ3n) is 8.07. The first-order chi connectivity index (χ1) is 20.9. The number of hydrogen-bond donors (Lipinski definition) is 1. The van der Waals surface area contributed by atoms with Gasteiger partial charge in [0.15, 0.2) is 0 Å². The van der Waals surface area contributed by atoms with E-state index in [1.54, 1.807) is 19.1 Å². The Bertz CT molecular complexity index is 1060. The summed E-state index contributed by atoms with van der Waals surface area (Å²) in [6.07, 6.45) is 28.4. The summed E-state index contributed by atoms with van der Waals surface area (Å²) in [6.45, 7) is 3.96. The Kier molecular flexibility index (Phi) is 18.2. The second kappa shape index (κ2) is 21.7. The van der Waals surface area contributed by atoms with E-state index in [-0.39, 0.29) is 11.3 Å². The molecule has 1 unspecified atom stereocenters. The van der Waals surface area contributed by atoms with E-state index in [9.17, 15) is 20.0 Å². The highest BCUT2D eigenvalue weighted by Gasteiger charge is 2.36. The minimum Gasteiger partial charge on any atom is -0.451 e. The lowest BCUT2D eigenvalue weighted by molar-refractivity contribution is -0.384. The number of aliphatic hydroxyl groups is 1. The van der Waals surface area contributed by atoms with E-state index < -0.39 is 16.5 Å². The van der Waals surface area contributed by atoms with Crippen molar-refractivity contribution in [1.82, 2.24) is 0 Å². The molecule has 0 radical (unpaired) electrons. The van der Waals surface area contributed by atoms with E-state index in [0.717, 1.165) is 12.8 Å². The molecule has 0 heterocycles. The van der Waals surface area contributed by atoms with E-state index in [2.05, 4.69) is 6.92 Å². The van der Waals surface area contributed by atoms with Crippen molar-refractivity contribution in [3.63, 3.8) is 0 Å². The van der Waals surface area contributed by atoms with Crippen LogP contribution < -0.4 is 4.74 Å². The molecule has 0 bridgehead atoms. The smallest absolute Gasteiger partial charge is 0.292 e. The van der Waals surface area contributed by atoms with Crippen molar-refractivity contribution in [3.05, 3.63) is 81.9 Å². The van der Waals surface area contributed by atoms with Gasteiger partial charge in [-0.2, -0.15) is 0 Å². The first-order valence-corrected chi connectivity index (χ1v) is 16.8. The van der Waals surface area contributed by atoms with Gasteiger partial charge in [0.2, 0.25) is 5.78 Å². The van der Waals surface area contributed by atoms with Gasteiger partial charge in [-0.25, -0.2) is 0 Å². The van der Waals surface area contributed by atoms with Crippen LogP contribution in [-0.2, 0) is 6.42 Å². The van der Waals surface area contributed by atoms with Gasteiger partial charge < -0.3 is 9.84 Å². The number of hydrogen-bond acceptors (Lipinski definition) is 5. The lowest BCUT2D eigenvalue weighted by atomic mass is 10.0. The predicted octanol–water partition coefficient (Wildman–Crippen LogP) is 10.7. The van der Waals surface area contributed by atoms with E-state index in [0.29, 0.717) is 5.75 Å². The van der Waals surface area contributed by atoms with Crippen molar-refractivity contribution in [2.45, 2.75) is 142 Å². The van der Waals surface area contributed by atoms with Gasteiger partial charge in [-0.1, -0.05) is 134 Å². The molecule has 2 rings (SSSR count). The summed E-state index contributed by atoms with van der Waals surface area (Å²) in [5, 5.41) is 21.9. The zero-order valence-electron chi connectivity index (χ0n) is 26.7. The van der Waals surface area contributed by atoms with Crippen molar-refractivity contribution >= 4 is 11.5 Å². The second-order valence-electron chi connectivity index (χ2n) is 11.8. The van der Waals surface area contributed by atoms with Gasteiger partial charge in [0.25, 0.3) is 11.5 Å². The van der Waals surface area contributed by atoms with Gasteiger partial charge in [0.1, 0.15) is 5.75 Å². The zero-order valence-corrected chi connectivity index (χ0v) is 26.7. The van der Waals surface area contributed by atoms with E-state index >= 15 is 0 Å². The molecule has 6 heteroatoms. The number of ketones is 1. The highest BCUT2D eigenvalue weighted by atomic mass is 16.6. The maximum atomic E-state index is 13.0. The number of aryl methyl sites for hydroxylation is 1. The van der Waals surface area contributed by atoms with Crippen molar-refractivity contribution in [3.8, 4) is 5.75 Å². The van der Waals surface area contributed by atoms with Crippen LogP contribution in [0.5, 0.6) is 5.75 Å². The van der Waals surface area contributed by atoms with Crippen molar-refractivity contribution in [1.29, 1.82) is 0 Å². The standard InChI is InChI=1S/C37H55NO5/c1-3-5-6-7-8-9-10-11-12-13-14-15-16-17-18-19-20-21-22-32-23-29-35(30-24-32)43-37(40,31-4-2)36(39)33-25-27-34(28-26-33)38(41)42/h4,23-31,40H,3,5-22H2,1-2H3. The molecule has 0 saturated carbocycles. The molecule has 238 valence electrons. The Morgan fingerprint density at radius 3 is 1.60 bits per heavy atom. The molecule has 0 aromatic heterocycles. The monoisotopic (exact) mass is 593 g/mol. The largest absolute Gasteiger partial charge is 0.451 e. The van der Waals surface area contributed by atoms with Crippen LogP contribution in [0.3, 0.4) is 0 Å². The number of nitro groups is 1. The summed E-state index contributed by atoms with van der Waals surface area (Å²) >= 11 is 0. The lowest BCUT2D eigenvalue weighted by Gasteiger charge is -2.24. The molecule has 0 spiro atoms. The average Bonchev–Trinajstić information content (AvgIpc) is 3.01. The quantitative estimate of drug-likeness (QED) is 0.0309. The molecule has 0 saturated heterocycles. The summed E-state index contributed by atoms with van der Waals surface area (Å²) in [5.74, 6) is -2.53. The number of non-ortho nitro benzene ring substituents is 1. The molecule has 0 aliphatic rings. The maximum absolute atomic E-state index is 13.0. The normalized spacial score (nSPS) is 12.8. The fraction of sp³-hybridized carbons (Fsp3) is 0.595. The number of nitro benzene ring substituents is 1. The topological polar surface area (TPSA) is 89.7 Å². The van der Waals surface area contributed by atoms with E-state index in [1.807, 2.05) is 12.1 Å². The predicted molar refractivity (Wildman–Crippen MR) is 177 cm³/mol. The summed E-state index contributed by atoms with van der Waals surface area (Å²) in [4.78, 5) is 23.4. The summed E-state index contributed by atoms with van der Waals surface area (Å²) in [6, 6.07) is 12.6. The Balaban J connectivity index is 1.57. The Morgan fingerprint density at radius 2 is 1.19 bits per heavy atom. The fourth-order valence-corrected chi connectivity index (χ4v) is 5.46. The third-order valence-corrected chi connectivity index (χ3v) is 8.07. The lowest BCUT2D eigenvalue weighted by Crippen LogP contribution is -2.42. The molecule has 2 aromatic carbocycles. The number of unbranched alkanes of at least 4 members (excludes halogenated alkanes) is 17. The molecule has 6 nitrogen and oxygen atoms in total. The summed E-state index contributed by atoms with van der Waals surface area (Å²) in [7, 11) is 0. The number of Topliss-reactive ketones (excluding diaryl/α,β-unsaturated/α-hetero) is 1. The van der Waals surface area contributed by atoms with Gasteiger partial charge in [0, 0.05) is 17.7 Å². The first kappa shape index (κ1) is 36.2. The van der Waals surface area contributed by atoms with Crippen LogP contribution in [0, 0.1) is 10.1 Å². The van der Waals surface area contributed by atoms with E-state index in [4.69, 9.17) is 4.74 Å². The Morgan fingerprint density at radius 1 is 0.744 bits per heavy atom. The van der Waals surface area contributed by atoms with Gasteiger partial charge in [-0.05, 0) is 55.7 Å². The van der Waals surface area contributed by atoms with Crippen LogP contribution in [-0.4, -0.2) is 21.6 Å². The van der Waals surface area contributed by atoms with Crippen LogP contribution >= 0.6 is 0 Å². The van der Waals surface area contributed by atoms with Crippen LogP contribution in [0.4, 0.5) is 5.69 Å². The highest BCUT2D eigenvalue weighted by molar-refractivity contribution is 6.03. The average molecular weight is 594 g/mol. The maximum Gasteiger partial charge on any atom is 0.292 e. The molecule has 0 aliphatic heterocycles. The first-order valence-electron chi connectivity index (χ1n) is 16.8. The summed E-state index contributed by atoms with van der Waals surface area (Å²) in [5.41, 5.74) is 1.19. The molecule has 1 atom stereocenters. The van der Waals surface area contributed by atoms with Crippen LogP contribution in [0.15, 0.2) is 60.7 Å². The minimum absolute atomic E-state index is 0.122. The number of benzene rings is 2. The molecule has 43 heavy (non-hydrogen) atoms. The van der Waals surface area contributed by atoms with Crippen molar-refractivity contribution in [2.75, 3.05) is 0 Å². The van der Waals surface area contributed by atoms with Gasteiger partial charge in [0.05, 0.1) is 4.92 Å². The zero-order chi connectivity index (χ0) is 31.2. The Hall–Kier alpha value is -2.99. The van der Waals surface area contributed by atoms with Gasteiger partial charge in [-0.15, -0.1) is 0 Å². The second-order valence-corrected chi connectivity index (χ2v) is 11.8. The molecular formula is C37H55NO5. The van der Waals surface area contributed by atoms with Gasteiger partial charge in [-0.3, -0.25) is 14.9 Å². The minimum atomic E-state index is -2.21. The highest BCUT2D eigenvalue weighted by Crippen LogP contribution is 2.25. The van der Waals surface area contributed by atoms with Crippen molar-refractivity contribution in [2.24, 2.45) is 0 Å². The van der Waals surface area contributed by atoms with Crippen LogP contribution in [0.2, 0.25) is 0 Å². The molecule has 1 N–H and O–H groups in total. The van der Waals surface area contributed by atoms with E-state index in [1.165, 1.54) is 151 Å². The van der Waals surface area contributed by atoms with Crippen molar-refractivity contribution < 1.29 is 19.6 Å². The molecule has 0 amide bonds. The molecule has 2 aromatic rings. The third kappa shape index (κ3) is 14.8. The fourth-order valence-electron chi connectivity index (χ4n) is 5.46. The Labute approximate surface area is 260 Å². The van der Waals surface area contributed by atoms with Gasteiger partial charge >= 0.3 is 0 Å². The van der Waals surface area contributed by atoms with Crippen LogP contribution in [0.1, 0.15) is 145 Å². The number of allylic oxidation sites excluding steroid dienone is 1. The summed E-state index contributed by atoms with van der Waals surface area (Å²) < 4.78 is 5.72. The molecular weight excluding hydrogens is 538 g/mol. The number of carbonyl (C=O) groups excluding carboxylic acids is 1. The van der Waals surface area contributed by atoms with Crippen LogP contribution in [0.25, 0.3) is 0 Å². The molecule has 0 fully saturated rings. The molecule has 0 aliphatic carbocycles. The number of rotatable bonds is 25. The number of carbonyl (C=O) groups is 1. The SMILES string of the molecule is CC=CC(O)(Oc1ccc(CCCCCCCCCCCCCCCCCCCC)cc1)C(=O)c1ccc([N+](=O)[O-])cc1.